The van der Waals surface area contributed by atoms with Gasteiger partial charge in [-0.3, -0.25) is 0 Å². The fourth-order valence-electron chi connectivity index (χ4n) is 5.15. The van der Waals surface area contributed by atoms with E-state index in [4.69, 9.17) is 0 Å². The van der Waals surface area contributed by atoms with E-state index in [1.165, 1.54) is 77.2 Å². The predicted octanol–water partition coefficient (Wildman–Crippen LogP) is 4.25. The van der Waals surface area contributed by atoms with E-state index in [-0.39, 0.29) is 0 Å². The molecular weight excluding hydrogens is 256 g/mol. The minimum absolute atomic E-state index is 0.500. The van der Waals surface area contributed by atoms with Gasteiger partial charge >= 0.3 is 0 Å². The van der Waals surface area contributed by atoms with Crippen LogP contribution >= 0.6 is 0 Å². The molecule has 1 aliphatic heterocycles. The molecule has 3 rings (SSSR count). The highest BCUT2D eigenvalue weighted by Gasteiger charge is 2.38. The average Bonchev–Trinajstić information content (AvgIpc) is 2.51. The van der Waals surface area contributed by atoms with Gasteiger partial charge in [0.05, 0.1) is 0 Å². The monoisotopic (exact) mass is 292 g/mol. The molecule has 21 heavy (non-hydrogen) atoms. The van der Waals surface area contributed by atoms with E-state index >= 15 is 0 Å². The van der Waals surface area contributed by atoms with E-state index in [0.717, 1.165) is 24.0 Å². The summed E-state index contributed by atoms with van der Waals surface area (Å²) in [5, 5.41) is 7.99. The van der Waals surface area contributed by atoms with Crippen molar-refractivity contribution in [2.24, 2.45) is 11.3 Å². The zero-order chi connectivity index (χ0) is 14.7. The zero-order valence-corrected chi connectivity index (χ0v) is 14.3. The Morgan fingerprint density at radius 3 is 2.38 bits per heavy atom. The standard InChI is InChI=1S/C19H36N2/c1-19(2)13-7-5-12-18(19)21-17-11-4-3-9-15(17)16-10-6-8-14-20-16/h15-18,20-21H,3-14H2,1-2H3. The Labute approximate surface area is 131 Å². The van der Waals surface area contributed by atoms with E-state index < -0.39 is 0 Å². The van der Waals surface area contributed by atoms with E-state index in [1.807, 2.05) is 0 Å². The molecule has 2 saturated carbocycles. The van der Waals surface area contributed by atoms with Crippen molar-refractivity contribution in [3.05, 3.63) is 0 Å². The molecule has 3 aliphatic rings. The normalized spacial score (nSPS) is 40.9. The largest absolute Gasteiger partial charge is 0.314 e. The maximum absolute atomic E-state index is 4.16. The summed E-state index contributed by atoms with van der Waals surface area (Å²) < 4.78 is 0. The van der Waals surface area contributed by atoms with E-state index in [9.17, 15) is 0 Å². The summed E-state index contributed by atoms with van der Waals surface area (Å²) in [5.74, 6) is 0.886. The molecule has 0 bridgehead atoms. The second-order valence-electron chi connectivity index (χ2n) is 8.56. The summed E-state index contributed by atoms with van der Waals surface area (Å²) in [6, 6.07) is 2.32. The molecule has 4 atom stereocenters. The van der Waals surface area contributed by atoms with E-state index in [0.29, 0.717) is 5.41 Å². The molecule has 2 nitrogen and oxygen atoms in total. The van der Waals surface area contributed by atoms with Crippen molar-refractivity contribution in [2.45, 2.75) is 103 Å². The van der Waals surface area contributed by atoms with Gasteiger partial charge in [-0.05, 0) is 56.4 Å². The lowest BCUT2D eigenvalue weighted by Crippen LogP contribution is -2.56. The minimum Gasteiger partial charge on any atom is -0.314 e. The van der Waals surface area contributed by atoms with Crippen LogP contribution in [-0.2, 0) is 0 Å². The first-order valence-electron chi connectivity index (χ1n) is 9.66. The smallest absolute Gasteiger partial charge is 0.0121 e. The Morgan fingerprint density at radius 2 is 1.62 bits per heavy atom. The van der Waals surface area contributed by atoms with E-state index in [1.54, 1.807) is 0 Å². The third-order valence-corrected chi connectivity index (χ3v) is 6.61. The molecule has 1 heterocycles. The van der Waals surface area contributed by atoms with Gasteiger partial charge in [0, 0.05) is 18.1 Å². The van der Waals surface area contributed by atoms with Gasteiger partial charge in [0.2, 0.25) is 0 Å². The lowest BCUT2D eigenvalue weighted by atomic mass is 9.71. The highest BCUT2D eigenvalue weighted by molar-refractivity contribution is 4.95. The molecule has 122 valence electrons. The summed E-state index contributed by atoms with van der Waals surface area (Å²) in [6.45, 7) is 6.23. The van der Waals surface area contributed by atoms with Crippen molar-refractivity contribution < 1.29 is 0 Å². The third kappa shape index (κ3) is 3.82. The first kappa shape index (κ1) is 15.8. The van der Waals surface area contributed by atoms with Gasteiger partial charge in [-0.25, -0.2) is 0 Å². The van der Waals surface area contributed by atoms with E-state index in [2.05, 4.69) is 24.5 Å². The summed E-state index contributed by atoms with van der Waals surface area (Å²) in [7, 11) is 0. The van der Waals surface area contributed by atoms with Gasteiger partial charge in [0.15, 0.2) is 0 Å². The van der Waals surface area contributed by atoms with Crippen LogP contribution in [0.15, 0.2) is 0 Å². The average molecular weight is 293 g/mol. The fraction of sp³-hybridized carbons (Fsp3) is 1.00. The Morgan fingerprint density at radius 1 is 0.857 bits per heavy atom. The molecule has 0 aromatic heterocycles. The summed E-state index contributed by atoms with van der Waals surface area (Å²) in [5.41, 5.74) is 0.500. The van der Waals surface area contributed by atoms with Crippen LogP contribution in [0.5, 0.6) is 0 Å². The number of hydrogen-bond acceptors (Lipinski definition) is 2. The highest BCUT2D eigenvalue weighted by Crippen LogP contribution is 2.38. The van der Waals surface area contributed by atoms with Gasteiger partial charge in [0.25, 0.3) is 0 Å². The Kier molecular flexibility index (Phi) is 5.27. The molecule has 1 saturated heterocycles. The molecule has 0 aromatic rings. The van der Waals surface area contributed by atoms with Gasteiger partial charge in [-0.1, -0.05) is 46.0 Å². The maximum atomic E-state index is 4.16. The summed E-state index contributed by atoms with van der Waals surface area (Å²) >= 11 is 0. The Bertz CT molecular complexity index is 320. The molecule has 2 aliphatic carbocycles. The van der Waals surface area contributed by atoms with Gasteiger partial charge in [-0.15, -0.1) is 0 Å². The minimum atomic E-state index is 0.500. The van der Waals surface area contributed by atoms with Gasteiger partial charge < -0.3 is 10.6 Å². The lowest BCUT2D eigenvalue weighted by molar-refractivity contribution is 0.110. The Balaban J connectivity index is 1.63. The number of hydrogen-bond donors (Lipinski definition) is 2. The third-order valence-electron chi connectivity index (χ3n) is 6.61. The van der Waals surface area contributed by atoms with Crippen molar-refractivity contribution >= 4 is 0 Å². The molecule has 3 fully saturated rings. The van der Waals surface area contributed by atoms with Crippen molar-refractivity contribution in [1.29, 1.82) is 0 Å². The summed E-state index contributed by atoms with van der Waals surface area (Å²) in [4.78, 5) is 0. The number of rotatable bonds is 3. The van der Waals surface area contributed by atoms with Crippen molar-refractivity contribution in [1.82, 2.24) is 10.6 Å². The van der Waals surface area contributed by atoms with Crippen molar-refractivity contribution in [3.63, 3.8) is 0 Å². The maximum Gasteiger partial charge on any atom is 0.0121 e. The molecule has 2 heteroatoms. The zero-order valence-electron chi connectivity index (χ0n) is 14.3. The van der Waals surface area contributed by atoms with Crippen LogP contribution in [0.3, 0.4) is 0 Å². The van der Waals surface area contributed by atoms with Crippen molar-refractivity contribution in [3.8, 4) is 0 Å². The number of nitrogens with one attached hydrogen (secondary N) is 2. The van der Waals surface area contributed by atoms with Crippen LogP contribution in [-0.4, -0.2) is 24.7 Å². The molecule has 4 unspecified atom stereocenters. The quantitative estimate of drug-likeness (QED) is 0.813. The van der Waals surface area contributed by atoms with Crippen LogP contribution < -0.4 is 10.6 Å². The first-order valence-corrected chi connectivity index (χ1v) is 9.66. The van der Waals surface area contributed by atoms with Crippen LogP contribution in [0, 0.1) is 11.3 Å². The molecule has 2 N–H and O–H groups in total. The predicted molar refractivity (Wildman–Crippen MR) is 90.6 cm³/mol. The van der Waals surface area contributed by atoms with Gasteiger partial charge in [0.1, 0.15) is 0 Å². The fourth-order valence-corrected chi connectivity index (χ4v) is 5.15. The lowest BCUT2D eigenvalue weighted by Gasteiger charge is -2.46. The topological polar surface area (TPSA) is 24.1 Å². The molecule has 0 aromatic carbocycles. The second kappa shape index (κ2) is 7.00. The van der Waals surface area contributed by atoms with Crippen LogP contribution in [0.1, 0.15) is 84.5 Å². The first-order chi connectivity index (χ1) is 10.2. The van der Waals surface area contributed by atoms with Crippen LogP contribution in [0.25, 0.3) is 0 Å². The molecule has 0 radical (unpaired) electrons. The number of piperidine rings is 1. The summed E-state index contributed by atoms with van der Waals surface area (Å²) in [6.07, 6.45) is 15.7. The highest BCUT2D eigenvalue weighted by atomic mass is 15.0. The SMILES string of the molecule is CC1(C)CCCCC1NC1CCCCC1C1CCCCN1. The Hall–Kier alpha value is -0.0800. The molecule has 0 amide bonds. The van der Waals surface area contributed by atoms with Crippen LogP contribution in [0.4, 0.5) is 0 Å². The van der Waals surface area contributed by atoms with Gasteiger partial charge in [-0.2, -0.15) is 0 Å². The van der Waals surface area contributed by atoms with Crippen LogP contribution in [0.2, 0.25) is 0 Å². The molecular formula is C19H36N2. The molecule has 0 spiro atoms. The second-order valence-corrected chi connectivity index (χ2v) is 8.56. The van der Waals surface area contributed by atoms with Crippen molar-refractivity contribution in [2.75, 3.05) is 6.54 Å².